The summed E-state index contributed by atoms with van der Waals surface area (Å²) in [5.41, 5.74) is 0.545. The predicted octanol–water partition coefficient (Wildman–Crippen LogP) is 1.47. The lowest BCUT2D eigenvalue weighted by molar-refractivity contribution is -0.156. The Labute approximate surface area is 102 Å². The Bertz CT molecular complexity index is 534. The van der Waals surface area contributed by atoms with Gasteiger partial charge in [0, 0.05) is 10.3 Å². The Morgan fingerprint density at radius 2 is 2.06 bits per heavy atom. The molecule has 0 radical (unpaired) electrons. The summed E-state index contributed by atoms with van der Waals surface area (Å²) in [7, 11) is 1.17. The van der Waals surface area contributed by atoms with Gasteiger partial charge in [0.05, 0.1) is 7.11 Å². The van der Waals surface area contributed by atoms with Gasteiger partial charge in [0.1, 0.15) is 6.10 Å². The lowest BCUT2D eigenvalue weighted by atomic mass is 10.0. The van der Waals surface area contributed by atoms with Crippen molar-refractivity contribution in [3.05, 3.63) is 35.2 Å². The number of ether oxygens (including phenoxy) is 1. The minimum Gasteiger partial charge on any atom is -0.467 e. The number of hydrogen-bond acceptors (Lipinski definition) is 5. The standard InChI is InChI=1S/C12H12O4S/c1-16-12(15)11(14)10(13)8-6-17-9-5-3-2-4-7(8)9/h2-6,10-11,13-14H,1H3. The van der Waals surface area contributed by atoms with Crippen molar-refractivity contribution in [3.63, 3.8) is 0 Å². The van der Waals surface area contributed by atoms with Crippen LogP contribution in [0.5, 0.6) is 0 Å². The van der Waals surface area contributed by atoms with E-state index in [0.29, 0.717) is 5.56 Å². The molecule has 0 amide bonds. The molecule has 2 aromatic rings. The number of esters is 1. The molecule has 0 saturated carbocycles. The van der Waals surface area contributed by atoms with E-state index in [1.54, 1.807) is 5.38 Å². The molecular formula is C12H12O4S. The molecule has 4 nitrogen and oxygen atoms in total. The Kier molecular flexibility index (Phi) is 3.42. The Morgan fingerprint density at radius 3 is 2.76 bits per heavy atom. The number of aliphatic hydroxyl groups excluding tert-OH is 2. The molecule has 0 saturated heterocycles. The second-order valence-electron chi connectivity index (χ2n) is 3.60. The summed E-state index contributed by atoms with van der Waals surface area (Å²) < 4.78 is 5.40. The Hall–Kier alpha value is -1.43. The summed E-state index contributed by atoms with van der Waals surface area (Å²) >= 11 is 1.46. The Balaban J connectivity index is 2.36. The van der Waals surface area contributed by atoms with E-state index in [4.69, 9.17) is 0 Å². The minimum absolute atomic E-state index is 0.545. The zero-order valence-corrected chi connectivity index (χ0v) is 9.98. The van der Waals surface area contributed by atoms with Gasteiger partial charge in [0.2, 0.25) is 0 Å². The third kappa shape index (κ3) is 2.17. The van der Waals surface area contributed by atoms with E-state index in [0.717, 1.165) is 10.1 Å². The number of methoxy groups -OCH3 is 1. The zero-order chi connectivity index (χ0) is 12.4. The topological polar surface area (TPSA) is 66.8 Å². The summed E-state index contributed by atoms with van der Waals surface area (Å²) in [6.07, 6.45) is -2.82. The number of carbonyl (C=O) groups excluding carboxylic acids is 1. The molecule has 0 aliphatic carbocycles. The number of thiophene rings is 1. The van der Waals surface area contributed by atoms with Crippen molar-refractivity contribution in [2.45, 2.75) is 12.2 Å². The highest BCUT2D eigenvalue weighted by atomic mass is 32.1. The van der Waals surface area contributed by atoms with Crippen LogP contribution in [-0.4, -0.2) is 29.4 Å². The maximum Gasteiger partial charge on any atom is 0.337 e. The highest BCUT2D eigenvalue weighted by molar-refractivity contribution is 7.17. The molecule has 2 unspecified atom stereocenters. The van der Waals surface area contributed by atoms with Crippen molar-refractivity contribution in [2.75, 3.05) is 7.11 Å². The van der Waals surface area contributed by atoms with Crippen molar-refractivity contribution in [1.82, 2.24) is 0 Å². The molecule has 5 heteroatoms. The fourth-order valence-corrected chi connectivity index (χ4v) is 2.64. The first-order valence-corrected chi connectivity index (χ1v) is 5.93. The van der Waals surface area contributed by atoms with Crippen LogP contribution in [0.1, 0.15) is 11.7 Å². The van der Waals surface area contributed by atoms with E-state index < -0.39 is 18.2 Å². The van der Waals surface area contributed by atoms with Crippen LogP contribution in [-0.2, 0) is 9.53 Å². The molecule has 0 spiro atoms. The largest absolute Gasteiger partial charge is 0.467 e. The van der Waals surface area contributed by atoms with E-state index in [1.165, 1.54) is 18.4 Å². The van der Waals surface area contributed by atoms with Gasteiger partial charge in [-0.15, -0.1) is 11.3 Å². The van der Waals surface area contributed by atoms with E-state index in [1.807, 2.05) is 24.3 Å². The van der Waals surface area contributed by atoms with Crippen LogP contribution in [0.3, 0.4) is 0 Å². The molecular weight excluding hydrogens is 240 g/mol. The number of aliphatic hydroxyl groups is 2. The lowest BCUT2D eigenvalue weighted by Crippen LogP contribution is -2.28. The van der Waals surface area contributed by atoms with Crippen LogP contribution in [0.2, 0.25) is 0 Å². The average Bonchev–Trinajstić information content (AvgIpc) is 2.79. The summed E-state index contributed by atoms with van der Waals surface area (Å²) in [5, 5.41) is 22.1. The molecule has 0 bridgehead atoms. The van der Waals surface area contributed by atoms with Crippen LogP contribution in [0.15, 0.2) is 29.6 Å². The smallest absolute Gasteiger partial charge is 0.337 e. The van der Waals surface area contributed by atoms with Gasteiger partial charge in [-0.2, -0.15) is 0 Å². The fraction of sp³-hybridized carbons (Fsp3) is 0.250. The molecule has 2 rings (SSSR count). The van der Waals surface area contributed by atoms with Crippen molar-refractivity contribution < 1.29 is 19.7 Å². The predicted molar refractivity (Wildman–Crippen MR) is 64.8 cm³/mol. The summed E-state index contributed by atoms with van der Waals surface area (Å²) in [5.74, 6) is -0.840. The van der Waals surface area contributed by atoms with Gasteiger partial charge in [-0.3, -0.25) is 0 Å². The van der Waals surface area contributed by atoms with Crippen LogP contribution in [0.25, 0.3) is 10.1 Å². The van der Waals surface area contributed by atoms with Crippen molar-refractivity contribution in [3.8, 4) is 0 Å². The van der Waals surface area contributed by atoms with E-state index >= 15 is 0 Å². The number of benzene rings is 1. The van der Waals surface area contributed by atoms with Gasteiger partial charge in [0.25, 0.3) is 0 Å². The van der Waals surface area contributed by atoms with E-state index in [2.05, 4.69) is 4.74 Å². The molecule has 1 aromatic heterocycles. The van der Waals surface area contributed by atoms with Gasteiger partial charge >= 0.3 is 5.97 Å². The normalized spacial score (nSPS) is 14.5. The monoisotopic (exact) mass is 252 g/mol. The number of hydrogen-bond donors (Lipinski definition) is 2. The van der Waals surface area contributed by atoms with Crippen LogP contribution in [0, 0.1) is 0 Å². The molecule has 2 N–H and O–H groups in total. The maximum atomic E-state index is 11.2. The number of rotatable bonds is 3. The molecule has 2 atom stereocenters. The SMILES string of the molecule is COC(=O)C(O)C(O)c1csc2ccccc12. The van der Waals surface area contributed by atoms with Crippen molar-refractivity contribution >= 4 is 27.4 Å². The third-order valence-electron chi connectivity index (χ3n) is 2.57. The third-order valence-corrected chi connectivity index (χ3v) is 3.55. The lowest BCUT2D eigenvalue weighted by Gasteiger charge is -2.15. The van der Waals surface area contributed by atoms with Crippen LogP contribution < -0.4 is 0 Å². The second kappa shape index (κ2) is 4.83. The van der Waals surface area contributed by atoms with E-state index in [9.17, 15) is 15.0 Å². The van der Waals surface area contributed by atoms with Gasteiger partial charge < -0.3 is 14.9 Å². The van der Waals surface area contributed by atoms with Gasteiger partial charge in [-0.25, -0.2) is 4.79 Å². The highest BCUT2D eigenvalue weighted by Gasteiger charge is 2.28. The fourth-order valence-electron chi connectivity index (χ4n) is 1.65. The summed E-state index contributed by atoms with van der Waals surface area (Å²) in [4.78, 5) is 11.2. The van der Waals surface area contributed by atoms with Crippen LogP contribution >= 0.6 is 11.3 Å². The number of fused-ring (bicyclic) bond motifs is 1. The molecule has 0 fully saturated rings. The first-order chi connectivity index (χ1) is 8.15. The zero-order valence-electron chi connectivity index (χ0n) is 9.16. The van der Waals surface area contributed by atoms with Gasteiger partial charge in [-0.1, -0.05) is 18.2 Å². The first kappa shape index (κ1) is 12.0. The quantitative estimate of drug-likeness (QED) is 0.812. The van der Waals surface area contributed by atoms with Crippen molar-refractivity contribution in [2.24, 2.45) is 0 Å². The summed E-state index contributed by atoms with van der Waals surface area (Å²) in [6.45, 7) is 0. The molecule has 1 aromatic carbocycles. The molecule has 0 aliphatic rings. The molecule has 0 aliphatic heterocycles. The highest BCUT2D eigenvalue weighted by Crippen LogP contribution is 2.31. The maximum absolute atomic E-state index is 11.2. The molecule has 17 heavy (non-hydrogen) atoms. The van der Waals surface area contributed by atoms with E-state index in [-0.39, 0.29) is 0 Å². The van der Waals surface area contributed by atoms with Gasteiger partial charge in [0.15, 0.2) is 6.10 Å². The minimum atomic E-state index is -1.56. The van der Waals surface area contributed by atoms with Crippen molar-refractivity contribution in [1.29, 1.82) is 0 Å². The average molecular weight is 252 g/mol. The van der Waals surface area contributed by atoms with Gasteiger partial charge in [-0.05, 0) is 16.8 Å². The summed E-state index contributed by atoms with van der Waals surface area (Å²) in [6, 6.07) is 7.50. The molecule has 1 heterocycles. The second-order valence-corrected chi connectivity index (χ2v) is 4.51. The van der Waals surface area contributed by atoms with Crippen LogP contribution in [0.4, 0.5) is 0 Å². The first-order valence-electron chi connectivity index (χ1n) is 5.05. The number of carbonyl (C=O) groups is 1. The Morgan fingerprint density at radius 1 is 1.35 bits per heavy atom. The molecule has 90 valence electrons.